The van der Waals surface area contributed by atoms with E-state index in [2.05, 4.69) is 11.3 Å². The predicted molar refractivity (Wildman–Crippen MR) is 47.1 cm³/mol. The summed E-state index contributed by atoms with van der Waals surface area (Å²) < 4.78 is 67.4. The molecule has 3 atom stereocenters. The highest BCUT2D eigenvalue weighted by molar-refractivity contribution is 4.93. The molecule has 94 valence electrons. The summed E-state index contributed by atoms with van der Waals surface area (Å²) in [4.78, 5) is 0.731. The van der Waals surface area contributed by atoms with Crippen molar-refractivity contribution in [3.63, 3.8) is 0 Å². The highest BCUT2D eigenvalue weighted by Gasteiger charge is 2.46. The van der Waals surface area contributed by atoms with Gasteiger partial charge in [-0.3, -0.25) is 4.90 Å². The Bertz CT molecular complexity index is 267. The minimum atomic E-state index is -4.58. The fourth-order valence-corrected chi connectivity index (χ4v) is 1.55. The fourth-order valence-electron chi connectivity index (χ4n) is 1.55. The number of hydrogen-bond acceptors (Lipinski definition) is 2. The number of halogens is 5. The molecule has 1 heterocycles. The number of nitrogens with zero attached hydrogens (tertiary/aromatic N) is 1. The highest BCUT2D eigenvalue weighted by atomic mass is 19.4. The predicted octanol–water partition coefficient (Wildman–Crippen LogP) is 2.42. The Kier molecular flexibility index (Phi) is 3.90. The summed E-state index contributed by atoms with van der Waals surface area (Å²) in [5, 5.41) is 0. The van der Waals surface area contributed by atoms with E-state index in [1.54, 1.807) is 0 Å². The Morgan fingerprint density at radius 3 is 2.44 bits per heavy atom. The van der Waals surface area contributed by atoms with Crippen LogP contribution < -0.4 is 0 Å². The van der Waals surface area contributed by atoms with Gasteiger partial charge in [0.15, 0.2) is 6.10 Å². The van der Waals surface area contributed by atoms with Crippen molar-refractivity contribution in [2.75, 3.05) is 13.1 Å². The minimum Gasteiger partial charge on any atom is -0.363 e. The van der Waals surface area contributed by atoms with E-state index < -0.39 is 37.1 Å². The second-order valence-corrected chi connectivity index (χ2v) is 3.71. The van der Waals surface area contributed by atoms with Crippen LogP contribution in [0.3, 0.4) is 0 Å². The van der Waals surface area contributed by atoms with E-state index >= 15 is 0 Å². The summed E-state index contributed by atoms with van der Waals surface area (Å²) in [6.45, 7) is 3.29. The molecule has 0 saturated carbocycles. The second kappa shape index (κ2) is 4.67. The largest absolute Gasteiger partial charge is 0.415 e. The van der Waals surface area contributed by atoms with Crippen LogP contribution in [-0.2, 0) is 4.74 Å². The third kappa shape index (κ3) is 3.15. The molecule has 0 aromatic carbocycles. The Hall–Kier alpha value is -0.690. The van der Waals surface area contributed by atoms with Crippen molar-refractivity contribution in [2.45, 2.75) is 31.6 Å². The third-order valence-electron chi connectivity index (χ3n) is 2.23. The quantitative estimate of drug-likeness (QED) is 0.547. The lowest BCUT2D eigenvalue weighted by atomic mass is 10.2. The molecule has 0 amide bonds. The van der Waals surface area contributed by atoms with E-state index in [1.807, 2.05) is 0 Å². The first-order valence-electron chi connectivity index (χ1n) is 4.66. The zero-order chi connectivity index (χ0) is 12.5. The second-order valence-electron chi connectivity index (χ2n) is 3.71. The van der Waals surface area contributed by atoms with Crippen molar-refractivity contribution in [1.82, 2.24) is 4.90 Å². The normalized spacial score (nSPS) is 30.1. The van der Waals surface area contributed by atoms with Gasteiger partial charge >= 0.3 is 6.18 Å². The van der Waals surface area contributed by atoms with Gasteiger partial charge in [-0.15, -0.1) is 0 Å². The molecule has 1 rings (SSSR count). The molecule has 0 N–H and O–H groups in total. The van der Waals surface area contributed by atoms with Crippen LogP contribution in [0.2, 0.25) is 0 Å². The SMILES string of the molecule is C=C(F)C(F)N1CC(C)OC(C(F)(F)F)C1. The Morgan fingerprint density at radius 2 is 2.00 bits per heavy atom. The van der Waals surface area contributed by atoms with Crippen LogP contribution >= 0.6 is 0 Å². The number of hydrogen-bond donors (Lipinski definition) is 0. The van der Waals surface area contributed by atoms with Gasteiger partial charge in [0, 0.05) is 13.1 Å². The summed E-state index contributed by atoms with van der Waals surface area (Å²) in [5.41, 5.74) is 0. The standard InChI is InChI=1S/C9H12F5NO/c1-5-3-15(8(11)6(2)10)4-7(16-5)9(12,13)14/h5,7-8H,2-4H2,1H3. The Morgan fingerprint density at radius 1 is 1.44 bits per heavy atom. The zero-order valence-electron chi connectivity index (χ0n) is 8.60. The molecule has 1 aliphatic heterocycles. The van der Waals surface area contributed by atoms with Crippen LogP contribution in [0.4, 0.5) is 22.0 Å². The third-order valence-corrected chi connectivity index (χ3v) is 2.23. The average molecular weight is 245 g/mol. The summed E-state index contributed by atoms with van der Waals surface area (Å²) in [7, 11) is 0. The molecule has 1 aliphatic rings. The summed E-state index contributed by atoms with van der Waals surface area (Å²) >= 11 is 0. The summed E-state index contributed by atoms with van der Waals surface area (Å²) in [6, 6.07) is 0. The van der Waals surface area contributed by atoms with E-state index in [9.17, 15) is 22.0 Å². The minimum absolute atomic E-state index is 0.101. The molecule has 16 heavy (non-hydrogen) atoms. The molecule has 0 radical (unpaired) electrons. The number of rotatable bonds is 2. The van der Waals surface area contributed by atoms with Crippen LogP contribution in [0, 0.1) is 0 Å². The van der Waals surface area contributed by atoms with Crippen molar-refractivity contribution in [1.29, 1.82) is 0 Å². The van der Waals surface area contributed by atoms with Crippen molar-refractivity contribution < 1.29 is 26.7 Å². The molecule has 2 nitrogen and oxygen atoms in total. The van der Waals surface area contributed by atoms with Crippen LogP contribution in [0.1, 0.15) is 6.92 Å². The lowest BCUT2D eigenvalue weighted by Gasteiger charge is -2.38. The van der Waals surface area contributed by atoms with Gasteiger partial charge in [0.05, 0.1) is 6.10 Å². The van der Waals surface area contributed by atoms with E-state index in [1.165, 1.54) is 6.92 Å². The maximum Gasteiger partial charge on any atom is 0.415 e. The number of ether oxygens (including phenoxy) is 1. The molecule has 3 unspecified atom stereocenters. The summed E-state index contributed by atoms with van der Waals surface area (Å²) in [5.74, 6) is -1.30. The number of morpholine rings is 1. The van der Waals surface area contributed by atoms with Crippen LogP contribution in [-0.4, -0.2) is 42.7 Å². The van der Waals surface area contributed by atoms with Crippen molar-refractivity contribution in [2.24, 2.45) is 0 Å². The monoisotopic (exact) mass is 245 g/mol. The molecule has 0 spiro atoms. The van der Waals surface area contributed by atoms with Gasteiger partial charge in [-0.25, -0.2) is 8.78 Å². The van der Waals surface area contributed by atoms with Gasteiger partial charge in [0.1, 0.15) is 5.83 Å². The van der Waals surface area contributed by atoms with Gasteiger partial charge in [-0.05, 0) is 6.92 Å². The molecule has 0 aromatic heterocycles. The summed E-state index contributed by atoms with van der Waals surface area (Å²) in [6.07, 6.45) is -9.69. The smallest absolute Gasteiger partial charge is 0.363 e. The van der Waals surface area contributed by atoms with Crippen molar-refractivity contribution >= 4 is 0 Å². The van der Waals surface area contributed by atoms with Gasteiger partial charge in [-0.1, -0.05) is 6.58 Å². The fraction of sp³-hybridized carbons (Fsp3) is 0.778. The molecule has 1 saturated heterocycles. The van der Waals surface area contributed by atoms with Crippen LogP contribution in [0.5, 0.6) is 0 Å². The molecule has 0 aromatic rings. The molecule has 0 aliphatic carbocycles. The van der Waals surface area contributed by atoms with E-state index in [0.29, 0.717) is 0 Å². The highest BCUT2D eigenvalue weighted by Crippen LogP contribution is 2.29. The van der Waals surface area contributed by atoms with Gasteiger partial charge in [-0.2, -0.15) is 13.2 Å². The Balaban J connectivity index is 2.72. The van der Waals surface area contributed by atoms with E-state index in [-0.39, 0.29) is 6.54 Å². The molecule has 0 bridgehead atoms. The van der Waals surface area contributed by atoms with E-state index in [4.69, 9.17) is 0 Å². The first-order chi connectivity index (χ1) is 7.21. The van der Waals surface area contributed by atoms with Crippen LogP contribution in [0.15, 0.2) is 12.4 Å². The lowest BCUT2D eigenvalue weighted by molar-refractivity contribution is -0.256. The first kappa shape index (κ1) is 13.4. The maximum absolute atomic E-state index is 13.2. The Labute approximate surface area is 89.7 Å². The molecular formula is C9H12F5NO. The molecular weight excluding hydrogens is 233 g/mol. The lowest BCUT2D eigenvalue weighted by Crippen LogP contribution is -2.54. The van der Waals surface area contributed by atoms with Gasteiger partial charge in [0.2, 0.25) is 6.30 Å². The van der Waals surface area contributed by atoms with Crippen molar-refractivity contribution in [3.05, 3.63) is 12.4 Å². The maximum atomic E-state index is 13.2. The van der Waals surface area contributed by atoms with Crippen molar-refractivity contribution in [3.8, 4) is 0 Å². The van der Waals surface area contributed by atoms with Crippen LogP contribution in [0.25, 0.3) is 0 Å². The molecule has 7 heteroatoms. The number of alkyl halides is 4. The topological polar surface area (TPSA) is 12.5 Å². The van der Waals surface area contributed by atoms with E-state index in [0.717, 1.165) is 4.90 Å². The molecule has 1 fully saturated rings. The first-order valence-corrected chi connectivity index (χ1v) is 4.66. The van der Waals surface area contributed by atoms with Gasteiger partial charge < -0.3 is 4.74 Å². The van der Waals surface area contributed by atoms with Gasteiger partial charge in [0.25, 0.3) is 0 Å². The average Bonchev–Trinajstić information content (AvgIpc) is 2.14. The zero-order valence-corrected chi connectivity index (χ0v) is 8.60.